The first kappa shape index (κ1) is 23.6. The number of benzene rings is 3. The Labute approximate surface area is 216 Å². The molecule has 5 nitrogen and oxygen atoms in total. The lowest BCUT2D eigenvalue weighted by molar-refractivity contribution is -0.686. The minimum absolute atomic E-state index is 0.223. The summed E-state index contributed by atoms with van der Waals surface area (Å²) in [6, 6.07) is 15.3. The zero-order valence-corrected chi connectivity index (χ0v) is 21.4. The Morgan fingerprint density at radius 3 is 2.59 bits per heavy atom. The monoisotopic (exact) mass is 499 g/mol. The SMILES string of the molecule is CCCCCNc1c(OC)ccc2c(Cc3ccc(F)cc3)c3[n+](cc12)CCc1cc2c(cc1-3)OCO2. The van der Waals surface area contributed by atoms with Crippen LogP contribution in [0.4, 0.5) is 10.1 Å². The Morgan fingerprint density at radius 2 is 1.81 bits per heavy atom. The smallest absolute Gasteiger partial charge is 0.231 e. The molecule has 0 saturated heterocycles. The van der Waals surface area contributed by atoms with Crippen LogP contribution in [0.3, 0.4) is 0 Å². The Kier molecular flexibility index (Phi) is 6.33. The van der Waals surface area contributed by atoms with Gasteiger partial charge in [-0.15, -0.1) is 0 Å². The Morgan fingerprint density at radius 1 is 1.00 bits per heavy atom. The molecule has 3 aromatic carbocycles. The van der Waals surface area contributed by atoms with Crippen LogP contribution in [0.5, 0.6) is 17.2 Å². The highest BCUT2D eigenvalue weighted by Crippen LogP contribution is 2.43. The minimum Gasteiger partial charge on any atom is -0.495 e. The number of rotatable bonds is 8. The Hall–Kier alpha value is -3.80. The van der Waals surface area contributed by atoms with Crippen LogP contribution in [0.15, 0.2) is 54.7 Å². The molecule has 1 N–H and O–H groups in total. The van der Waals surface area contributed by atoms with Crippen molar-refractivity contribution in [3.8, 4) is 28.5 Å². The molecule has 2 aliphatic heterocycles. The third-order valence-electron chi connectivity index (χ3n) is 7.46. The number of unbranched alkanes of at least 4 members (excludes halogenated alkanes) is 2. The number of hydrogen-bond donors (Lipinski definition) is 1. The number of fused-ring (bicyclic) bond motifs is 5. The standard InChI is InChI=1S/C31H31FN2O3/c1-3-4-5-13-33-30-26-18-34-14-12-21-16-28-29(37-19-36-28)17-24(21)31(34)25(23(26)10-11-27(30)35-2)15-20-6-8-22(32)9-7-20/h6-11,16-18H,3-5,12-15,19H2,1-2H3/p+1. The van der Waals surface area contributed by atoms with Gasteiger partial charge in [-0.2, -0.15) is 4.57 Å². The summed E-state index contributed by atoms with van der Waals surface area (Å²) < 4.78 is 33.3. The lowest BCUT2D eigenvalue weighted by Crippen LogP contribution is -2.41. The van der Waals surface area contributed by atoms with Gasteiger partial charge in [0.2, 0.25) is 12.5 Å². The van der Waals surface area contributed by atoms with Crippen LogP contribution in [0, 0.1) is 5.82 Å². The summed E-state index contributed by atoms with van der Waals surface area (Å²) in [5, 5.41) is 5.98. The molecule has 0 unspecified atom stereocenters. The van der Waals surface area contributed by atoms with Crippen LogP contribution < -0.4 is 24.1 Å². The van der Waals surface area contributed by atoms with E-state index in [0.717, 1.165) is 59.8 Å². The third-order valence-corrected chi connectivity index (χ3v) is 7.46. The average molecular weight is 500 g/mol. The molecule has 1 aromatic heterocycles. The maximum absolute atomic E-state index is 13.7. The van der Waals surface area contributed by atoms with Crippen LogP contribution in [0.2, 0.25) is 0 Å². The Balaban J connectivity index is 1.57. The zero-order valence-electron chi connectivity index (χ0n) is 21.4. The summed E-state index contributed by atoms with van der Waals surface area (Å²) >= 11 is 0. The molecule has 0 fully saturated rings. The number of methoxy groups -OCH3 is 1. The lowest BCUT2D eigenvalue weighted by atomic mass is 9.88. The number of hydrogen-bond acceptors (Lipinski definition) is 4. The highest BCUT2D eigenvalue weighted by molar-refractivity contribution is 6.00. The average Bonchev–Trinajstić information content (AvgIpc) is 3.38. The van der Waals surface area contributed by atoms with Crippen LogP contribution in [-0.2, 0) is 19.4 Å². The van der Waals surface area contributed by atoms with Crippen molar-refractivity contribution in [3.63, 3.8) is 0 Å². The summed E-state index contributed by atoms with van der Waals surface area (Å²) in [6.07, 6.45) is 7.33. The van der Waals surface area contributed by atoms with Crippen molar-refractivity contribution in [2.75, 3.05) is 25.8 Å². The molecule has 0 atom stereocenters. The van der Waals surface area contributed by atoms with Crippen molar-refractivity contribution in [3.05, 3.63) is 77.2 Å². The van der Waals surface area contributed by atoms with Crippen LogP contribution >= 0.6 is 0 Å². The van der Waals surface area contributed by atoms with Gasteiger partial charge in [0.15, 0.2) is 24.2 Å². The maximum atomic E-state index is 13.7. The maximum Gasteiger partial charge on any atom is 0.231 e. The molecule has 0 spiro atoms. The minimum atomic E-state index is -0.223. The molecule has 3 heterocycles. The van der Waals surface area contributed by atoms with E-state index in [4.69, 9.17) is 14.2 Å². The van der Waals surface area contributed by atoms with Crippen molar-refractivity contribution in [1.82, 2.24) is 0 Å². The van der Waals surface area contributed by atoms with Gasteiger partial charge in [0.05, 0.1) is 23.7 Å². The fourth-order valence-corrected chi connectivity index (χ4v) is 5.59. The number of nitrogens with zero attached hydrogens (tertiary/aromatic N) is 1. The second-order valence-corrected chi connectivity index (χ2v) is 9.80. The third kappa shape index (κ3) is 4.35. The molecule has 0 bridgehead atoms. The molecule has 190 valence electrons. The van der Waals surface area contributed by atoms with E-state index < -0.39 is 0 Å². The van der Waals surface area contributed by atoms with Gasteiger partial charge in [-0.1, -0.05) is 31.9 Å². The van der Waals surface area contributed by atoms with Gasteiger partial charge in [0.25, 0.3) is 0 Å². The molecule has 0 aliphatic carbocycles. The summed E-state index contributed by atoms with van der Waals surface area (Å²) in [4.78, 5) is 0. The van der Waals surface area contributed by atoms with Crippen molar-refractivity contribution in [1.29, 1.82) is 0 Å². The molecule has 4 aromatic rings. The molecule has 0 amide bonds. The second kappa shape index (κ2) is 9.92. The molecule has 0 saturated carbocycles. The highest BCUT2D eigenvalue weighted by Gasteiger charge is 2.32. The van der Waals surface area contributed by atoms with Crippen LogP contribution in [-0.4, -0.2) is 20.4 Å². The van der Waals surface area contributed by atoms with Gasteiger partial charge in [-0.25, -0.2) is 4.39 Å². The molecule has 6 heteroatoms. The molecular weight excluding hydrogens is 467 g/mol. The number of aryl methyl sites for hydroxylation is 2. The van der Waals surface area contributed by atoms with Crippen molar-refractivity contribution in [2.45, 2.75) is 45.6 Å². The van der Waals surface area contributed by atoms with Crippen molar-refractivity contribution < 1.29 is 23.2 Å². The number of anilines is 1. The van der Waals surface area contributed by atoms with Gasteiger partial charge in [0, 0.05) is 30.3 Å². The first-order valence-corrected chi connectivity index (χ1v) is 13.1. The first-order valence-electron chi connectivity index (χ1n) is 13.1. The largest absolute Gasteiger partial charge is 0.495 e. The van der Waals surface area contributed by atoms with Crippen molar-refractivity contribution in [2.24, 2.45) is 0 Å². The highest BCUT2D eigenvalue weighted by atomic mass is 19.1. The van der Waals surface area contributed by atoms with Gasteiger partial charge >= 0.3 is 0 Å². The second-order valence-electron chi connectivity index (χ2n) is 9.80. The lowest BCUT2D eigenvalue weighted by Gasteiger charge is -2.22. The normalized spacial score (nSPS) is 13.4. The zero-order chi connectivity index (χ0) is 25.4. The topological polar surface area (TPSA) is 43.6 Å². The van der Waals surface area contributed by atoms with Gasteiger partial charge in [0.1, 0.15) is 11.6 Å². The van der Waals surface area contributed by atoms with E-state index in [-0.39, 0.29) is 12.6 Å². The summed E-state index contributed by atoms with van der Waals surface area (Å²) in [5.41, 5.74) is 6.92. The molecule has 0 radical (unpaired) electrons. The predicted octanol–water partition coefficient (Wildman–Crippen LogP) is 6.42. The number of ether oxygens (including phenoxy) is 3. The molecule has 6 rings (SSSR count). The Bertz CT molecular complexity index is 1470. The fraction of sp³-hybridized carbons (Fsp3) is 0.323. The summed E-state index contributed by atoms with van der Waals surface area (Å²) in [6.45, 7) is 4.23. The number of nitrogens with one attached hydrogen (secondary N) is 1. The van der Waals surface area contributed by atoms with E-state index >= 15 is 0 Å². The summed E-state index contributed by atoms with van der Waals surface area (Å²) in [7, 11) is 1.72. The molecule has 2 aliphatic rings. The number of pyridine rings is 1. The van der Waals surface area contributed by atoms with Gasteiger partial charge < -0.3 is 19.5 Å². The van der Waals surface area contributed by atoms with E-state index in [0.29, 0.717) is 6.42 Å². The summed E-state index contributed by atoms with van der Waals surface area (Å²) in [5.74, 6) is 2.22. The van der Waals surface area contributed by atoms with E-state index in [2.05, 4.69) is 47.3 Å². The van der Waals surface area contributed by atoms with E-state index in [1.54, 1.807) is 7.11 Å². The van der Waals surface area contributed by atoms with E-state index in [1.807, 2.05) is 12.1 Å². The van der Waals surface area contributed by atoms with Crippen molar-refractivity contribution >= 4 is 16.5 Å². The molecular formula is C31H32FN2O3+. The van der Waals surface area contributed by atoms with Gasteiger partial charge in [-0.05, 0) is 53.9 Å². The predicted molar refractivity (Wildman–Crippen MR) is 143 cm³/mol. The number of aromatic nitrogens is 1. The first-order chi connectivity index (χ1) is 18.2. The van der Waals surface area contributed by atoms with Crippen LogP contribution in [0.25, 0.3) is 22.0 Å². The van der Waals surface area contributed by atoms with Gasteiger partial charge in [-0.3, -0.25) is 0 Å². The number of halogens is 1. The van der Waals surface area contributed by atoms with E-state index in [9.17, 15) is 4.39 Å². The van der Waals surface area contributed by atoms with E-state index in [1.165, 1.54) is 52.7 Å². The fourth-order valence-electron chi connectivity index (χ4n) is 5.59. The van der Waals surface area contributed by atoms with Crippen LogP contribution in [0.1, 0.15) is 42.9 Å². The quantitative estimate of drug-likeness (QED) is 0.224. The molecule has 37 heavy (non-hydrogen) atoms.